The number of nitrogens with zero attached hydrogens (tertiary/aromatic N) is 3. The van der Waals surface area contributed by atoms with E-state index in [2.05, 4.69) is 68.5 Å². The van der Waals surface area contributed by atoms with Crippen molar-refractivity contribution >= 4 is 34.7 Å². The minimum absolute atomic E-state index is 0.713. The fraction of sp³-hybridized carbons (Fsp3) is 0. The second-order valence-electron chi connectivity index (χ2n) is 4.76. The molecule has 0 aliphatic carbocycles. The van der Waals surface area contributed by atoms with Crippen molar-refractivity contribution in [2.75, 3.05) is 0 Å². The molecule has 2 aromatic carbocycles. The second kappa shape index (κ2) is 6.44. The fourth-order valence-corrected chi connectivity index (χ4v) is 4.40. The Hall–Kier alpha value is -2.31. The van der Waals surface area contributed by atoms with Crippen LogP contribution in [0.3, 0.4) is 0 Å². The number of rotatable bonds is 0. The molecular formula is C17H12N4S2. The zero-order valence-electron chi connectivity index (χ0n) is 12.0. The van der Waals surface area contributed by atoms with Gasteiger partial charge in [0.2, 0.25) is 0 Å². The van der Waals surface area contributed by atoms with Crippen molar-refractivity contribution in [2.24, 2.45) is 0 Å². The summed E-state index contributed by atoms with van der Waals surface area (Å²) in [5, 5.41) is 0. The first-order chi connectivity index (χ1) is 11.4. The van der Waals surface area contributed by atoms with Gasteiger partial charge in [-0.25, -0.2) is 15.0 Å². The largest absolute Gasteiger partial charge is 0.342 e. The first kappa shape index (κ1) is 14.3. The highest BCUT2D eigenvalue weighted by Gasteiger charge is 2.14. The van der Waals surface area contributed by atoms with Crippen LogP contribution < -0.4 is 0 Å². The van der Waals surface area contributed by atoms with Crippen LogP contribution in [0.1, 0.15) is 0 Å². The number of H-pyrrole nitrogens is 1. The van der Waals surface area contributed by atoms with Crippen molar-refractivity contribution in [3.8, 4) is 0 Å². The number of fused-ring (bicyclic) bond motifs is 3. The zero-order chi connectivity index (χ0) is 15.5. The highest BCUT2D eigenvalue weighted by Crippen LogP contribution is 2.47. The summed E-state index contributed by atoms with van der Waals surface area (Å²) >= 11 is 3.72. The Balaban J connectivity index is 0.000000130. The molecule has 0 bridgehead atoms. The Morgan fingerprint density at radius 1 is 0.739 bits per heavy atom. The van der Waals surface area contributed by atoms with Crippen LogP contribution in [0.2, 0.25) is 0 Å². The van der Waals surface area contributed by atoms with Gasteiger partial charge in [0.1, 0.15) is 11.8 Å². The second-order valence-corrected chi connectivity index (χ2v) is 6.93. The maximum atomic E-state index is 3.91. The van der Waals surface area contributed by atoms with Crippen LogP contribution in [-0.4, -0.2) is 19.9 Å². The molecule has 1 N–H and O–H groups in total. The number of imidazole rings is 1. The van der Waals surface area contributed by atoms with E-state index in [1.54, 1.807) is 12.5 Å². The topological polar surface area (TPSA) is 54.5 Å². The summed E-state index contributed by atoms with van der Waals surface area (Å²) in [5.74, 6) is 0. The molecule has 4 aromatic rings. The number of hydrogen-bond donors (Lipinski definition) is 1. The van der Waals surface area contributed by atoms with Crippen molar-refractivity contribution in [2.45, 2.75) is 19.6 Å². The van der Waals surface area contributed by atoms with Gasteiger partial charge in [0.25, 0.3) is 0 Å². The first-order valence-electron chi connectivity index (χ1n) is 7.03. The molecule has 23 heavy (non-hydrogen) atoms. The number of benzene rings is 2. The van der Waals surface area contributed by atoms with Gasteiger partial charge in [-0.15, -0.1) is 0 Å². The lowest BCUT2D eigenvalue weighted by Crippen LogP contribution is -1.87. The van der Waals surface area contributed by atoms with Gasteiger partial charge in [0, 0.05) is 19.6 Å². The van der Waals surface area contributed by atoms with E-state index >= 15 is 0 Å². The zero-order valence-corrected chi connectivity index (χ0v) is 13.6. The Labute approximate surface area is 141 Å². The summed E-state index contributed by atoms with van der Waals surface area (Å²) < 4.78 is 0. The average Bonchev–Trinajstić information content (AvgIpc) is 3.09. The van der Waals surface area contributed by atoms with Crippen LogP contribution in [-0.2, 0) is 0 Å². The van der Waals surface area contributed by atoms with Crippen LogP contribution in [0.25, 0.3) is 11.2 Å². The summed E-state index contributed by atoms with van der Waals surface area (Å²) in [6.07, 6.45) is 4.76. The molecule has 0 fully saturated rings. The van der Waals surface area contributed by atoms with E-state index in [4.69, 9.17) is 0 Å². The van der Waals surface area contributed by atoms with E-state index in [1.807, 2.05) is 23.5 Å². The van der Waals surface area contributed by atoms with Crippen molar-refractivity contribution in [1.82, 2.24) is 19.9 Å². The standard InChI is InChI=1S/C12H8S2.C5H4N4/c1-2-6-10-9(5-1)13-11-7-3-4-8-12(11)14-10;1-4-5(8-2-6-1)9-3-7-4/h1-8H;1-3H,(H,6,7,8,9). The van der Waals surface area contributed by atoms with Crippen LogP contribution in [0, 0.1) is 0 Å². The summed E-state index contributed by atoms with van der Waals surface area (Å²) in [5.41, 5.74) is 1.59. The van der Waals surface area contributed by atoms with Crippen LogP contribution in [0.15, 0.2) is 87.0 Å². The van der Waals surface area contributed by atoms with Gasteiger partial charge in [-0.2, -0.15) is 0 Å². The normalized spacial score (nSPS) is 12.0. The number of aromatic amines is 1. The van der Waals surface area contributed by atoms with Gasteiger partial charge in [-0.1, -0.05) is 47.8 Å². The molecule has 0 spiro atoms. The Morgan fingerprint density at radius 3 is 1.83 bits per heavy atom. The van der Waals surface area contributed by atoms with Crippen molar-refractivity contribution < 1.29 is 0 Å². The van der Waals surface area contributed by atoms with Gasteiger partial charge < -0.3 is 4.98 Å². The van der Waals surface area contributed by atoms with Gasteiger partial charge in [0.15, 0.2) is 5.65 Å². The van der Waals surface area contributed by atoms with E-state index in [0.29, 0.717) is 5.65 Å². The molecule has 2 aromatic heterocycles. The minimum Gasteiger partial charge on any atom is -0.342 e. The van der Waals surface area contributed by atoms with E-state index < -0.39 is 0 Å². The third kappa shape index (κ3) is 3.09. The monoisotopic (exact) mass is 336 g/mol. The van der Waals surface area contributed by atoms with E-state index in [1.165, 1.54) is 25.9 Å². The molecule has 0 atom stereocenters. The first-order valence-corrected chi connectivity index (χ1v) is 8.66. The van der Waals surface area contributed by atoms with Crippen molar-refractivity contribution in [1.29, 1.82) is 0 Å². The third-order valence-corrected chi connectivity index (χ3v) is 5.80. The van der Waals surface area contributed by atoms with Crippen LogP contribution in [0.5, 0.6) is 0 Å². The van der Waals surface area contributed by atoms with E-state index in [0.717, 1.165) is 5.52 Å². The Morgan fingerprint density at radius 2 is 1.30 bits per heavy atom. The summed E-state index contributed by atoms with van der Waals surface area (Å²) in [7, 11) is 0. The Bertz CT molecular complexity index is 834. The highest BCUT2D eigenvalue weighted by molar-refractivity contribution is 8.05. The van der Waals surface area contributed by atoms with Crippen LogP contribution in [0.4, 0.5) is 0 Å². The molecule has 0 unspecified atom stereocenters. The maximum absolute atomic E-state index is 3.91. The van der Waals surface area contributed by atoms with Gasteiger partial charge in [0.05, 0.1) is 12.5 Å². The molecule has 1 aliphatic rings. The van der Waals surface area contributed by atoms with E-state index in [9.17, 15) is 0 Å². The van der Waals surface area contributed by atoms with Crippen LogP contribution >= 0.6 is 23.5 Å². The van der Waals surface area contributed by atoms with Crippen molar-refractivity contribution in [3.63, 3.8) is 0 Å². The lowest BCUT2D eigenvalue weighted by molar-refractivity contribution is 1.16. The highest BCUT2D eigenvalue weighted by atomic mass is 32.2. The third-order valence-electron chi connectivity index (χ3n) is 3.24. The molecule has 3 heterocycles. The molecule has 0 amide bonds. The summed E-state index contributed by atoms with van der Waals surface area (Å²) in [6.45, 7) is 0. The quantitative estimate of drug-likeness (QED) is 0.446. The molecule has 1 aliphatic heterocycles. The predicted octanol–water partition coefficient (Wildman–Crippen LogP) is 4.66. The lowest BCUT2D eigenvalue weighted by atomic mass is 10.3. The maximum Gasteiger partial charge on any atom is 0.180 e. The number of hydrogen-bond acceptors (Lipinski definition) is 5. The molecule has 112 valence electrons. The molecule has 0 saturated heterocycles. The fourth-order valence-electron chi connectivity index (χ4n) is 2.17. The summed E-state index contributed by atoms with van der Waals surface area (Å²) in [6, 6.07) is 17.1. The van der Waals surface area contributed by atoms with Gasteiger partial charge >= 0.3 is 0 Å². The smallest absolute Gasteiger partial charge is 0.180 e. The SMILES string of the molecule is c1ccc2c(c1)Sc1ccccc1S2.c1ncc2[nH]cnc2n1. The molecule has 5 rings (SSSR count). The minimum atomic E-state index is 0.713. The van der Waals surface area contributed by atoms with Crippen molar-refractivity contribution in [3.05, 3.63) is 67.4 Å². The average molecular weight is 336 g/mol. The van der Waals surface area contributed by atoms with E-state index in [-0.39, 0.29) is 0 Å². The van der Waals surface area contributed by atoms with Gasteiger partial charge in [-0.3, -0.25) is 0 Å². The molecule has 0 saturated carbocycles. The Kier molecular flexibility index (Phi) is 4.00. The molecule has 0 radical (unpaired) electrons. The van der Waals surface area contributed by atoms with Gasteiger partial charge in [-0.05, 0) is 24.3 Å². The summed E-state index contributed by atoms with van der Waals surface area (Å²) in [4.78, 5) is 20.0. The molecule has 6 heteroatoms. The number of aromatic nitrogens is 4. The lowest BCUT2D eigenvalue weighted by Gasteiger charge is -2.17. The molecular weight excluding hydrogens is 324 g/mol. The predicted molar refractivity (Wildman–Crippen MR) is 92.8 cm³/mol. The molecule has 4 nitrogen and oxygen atoms in total. The number of nitrogens with one attached hydrogen (secondary N) is 1.